The predicted octanol–water partition coefficient (Wildman–Crippen LogP) is 5.95. The van der Waals surface area contributed by atoms with Crippen molar-refractivity contribution in [2.24, 2.45) is 11.8 Å². The third kappa shape index (κ3) is 8.82. The molecule has 0 spiro atoms. The topological polar surface area (TPSA) is 99.8 Å². The highest BCUT2D eigenvalue weighted by molar-refractivity contribution is 7.21. The molecule has 0 radical (unpaired) electrons. The molecule has 1 atom stereocenters. The van der Waals surface area contributed by atoms with Crippen molar-refractivity contribution in [2.45, 2.75) is 75.5 Å². The van der Waals surface area contributed by atoms with E-state index in [4.69, 9.17) is 4.74 Å². The summed E-state index contributed by atoms with van der Waals surface area (Å²) in [7, 11) is 0. The van der Waals surface area contributed by atoms with Gasteiger partial charge in [0.2, 0.25) is 11.8 Å². The van der Waals surface area contributed by atoms with Crippen LogP contribution < -0.4 is 16.0 Å². The Bertz CT molecular complexity index is 1590. The van der Waals surface area contributed by atoms with Crippen LogP contribution in [0.5, 0.6) is 0 Å². The van der Waals surface area contributed by atoms with E-state index in [0.717, 1.165) is 81.5 Å². The maximum absolute atomic E-state index is 14.0. The van der Waals surface area contributed by atoms with Crippen LogP contribution in [0.15, 0.2) is 54.6 Å². The van der Waals surface area contributed by atoms with Crippen LogP contribution in [0.2, 0.25) is 0 Å². The summed E-state index contributed by atoms with van der Waals surface area (Å²) in [5.74, 6) is -0.285. The van der Waals surface area contributed by atoms with Gasteiger partial charge in [0.05, 0.1) is 10.4 Å². The van der Waals surface area contributed by atoms with Crippen LogP contribution in [-0.2, 0) is 26.9 Å². The third-order valence-corrected chi connectivity index (χ3v) is 11.5. The third-order valence-electron chi connectivity index (χ3n) is 10.4. The molecule has 1 saturated carbocycles. The van der Waals surface area contributed by atoms with Gasteiger partial charge in [-0.15, -0.1) is 11.3 Å². The van der Waals surface area contributed by atoms with E-state index in [-0.39, 0.29) is 21.9 Å². The molecule has 3 amide bonds. The van der Waals surface area contributed by atoms with Crippen molar-refractivity contribution in [1.29, 1.82) is 0 Å². The van der Waals surface area contributed by atoms with Gasteiger partial charge in [-0.2, -0.15) is 13.2 Å². The first-order chi connectivity index (χ1) is 23.6. The normalized spacial score (nSPS) is 19.8. The van der Waals surface area contributed by atoms with Gasteiger partial charge in [0.15, 0.2) is 0 Å². The van der Waals surface area contributed by atoms with Gasteiger partial charge in [0.1, 0.15) is 11.6 Å². The molecule has 0 unspecified atom stereocenters. The lowest BCUT2D eigenvalue weighted by molar-refractivity contribution is -0.136. The molecule has 6 rings (SSSR count). The Morgan fingerprint density at radius 3 is 2.35 bits per heavy atom. The van der Waals surface area contributed by atoms with Gasteiger partial charge in [-0.3, -0.25) is 14.4 Å². The van der Waals surface area contributed by atoms with E-state index < -0.39 is 35.1 Å². The highest BCUT2D eigenvalue weighted by atomic mass is 32.1. The number of hydrogen-bond donors (Lipinski definition) is 3. The number of likely N-dealkylation sites (tertiary alicyclic amines) is 1. The first-order valence-corrected chi connectivity index (χ1v) is 18.3. The van der Waals surface area contributed by atoms with E-state index in [0.29, 0.717) is 49.5 Å². The molecule has 12 heteroatoms. The Kier molecular flexibility index (Phi) is 11.3. The van der Waals surface area contributed by atoms with Crippen LogP contribution in [0.4, 0.5) is 13.2 Å². The molecule has 8 nitrogen and oxygen atoms in total. The maximum atomic E-state index is 14.0. The van der Waals surface area contributed by atoms with Gasteiger partial charge in [-0.25, -0.2) is 0 Å². The Morgan fingerprint density at radius 2 is 1.65 bits per heavy atom. The second-order valence-electron chi connectivity index (χ2n) is 13.8. The average Bonchev–Trinajstić information content (AvgIpc) is 3.76. The number of alkyl halides is 3. The SMILES string of the molecule is O=C(NC1(C(=O)N[C@H](Cc2ccccc2)C(=O)NCC2CCN(CC3CCOCC3)CC2)CCCC1)c1cc2cccc(C(F)(F)F)c2s1. The fourth-order valence-corrected chi connectivity index (χ4v) is 8.54. The van der Waals surface area contributed by atoms with Crippen molar-refractivity contribution in [2.75, 3.05) is 39.4 Å². The van der Waals surface area contributed by atoms with Gasteiger partial charge in [-0.1, -0.05) is 55.3 Å². The molecule has 0 bridgehead atoms. The molecular weight excluding hydrogens is 653 g/mol. The van der Waals surface area contributed by atoms with E-state index in [9.17, 15) is 27.6 Å². The molecular formula is C37H45F3N4O4S. The molecule has 2 aromatic carbocycles. The van der Waals surface area contributed by atoms with Crippen LogP contribution in [0.3, 0.4) is 0 Å². The number of piperidine rings is 1. The molecule has 2 aliphatic heterocycles. The fourth-order valence-electron chi connectivity index (χ4n) is 7.46. The smallest absolute Gasteiger partial charge is 0.381 e. The zero-order valence-electron chi connectivity index (χ0n) is 27.7. The van der Waals surface area contributed by atoms with Crippen molar-refractivity contribution in [3.63, 3.8) is 0 Å². The van der Waals surface area contributed by atoms with Crippen LogP contribution in [0, 0.1) is 11.8 Å². The molecule has 3 aromatic rings. The van der Waals surface area contributed by atoms with Crippen molar-refractivity contribution in [3.8, 4) is 0 Å². The Morgan fingerprint density at radius 1 is 0.939 bits per heavy atom. The molecule has 1 aliphatic carbocycles. The van der Waals surface area contributed by atoms with Gasteiger partial charge in [0, 0.05) is 37.4 Å². The Balaban J connectivity index is 1.10. The summed E-state index contributed by atoms with van der Waals surface area (Å²) >= 11 is 0.766. The van der Waals surface area contributed by atoms with Crippen LogP contribution >= 0.6 is 11.3 Å². The van der Waals surface area contributed by atoms with Gasteiger partial charge in [0.25, 0.3) is 5.91 Å². The van der Waals surface area contributed by atoms with Crippen molar-refractivity contribution < 1.29 is 32.3 Å². The van der Waals surface area contributed by atoms with Gasteiger partial charge >= 0.3 is 6.18 Å². The monoisotopic (exact) mass is 698 g/mol. The summed E-state index contributed by atoms with van der Waals surface area (Å²) in [6, 6.07) is 13.9. The Hall–Kier alpha value is -3.48. The molecule has 3 fully saturated rings. The van der Waals surface area contributed by atoms with E-state index in [2.05, 4.69) is 20.9 Å². The van der Waals surface area contributed by atoms with E-state index in [1.54, 1.807) is 6.07 Å². The predicted molar refractivity (Wildman–Crippen MR) is 183 cm³/mol. The molecule has 3 N–H and O–H groups in total. The summed E-state index contributed by atoms with van der Waals surface area (Å²) in [6.45, 7) is 5.32. The minimum Gasteiger partial charge on any atom is -0.381 e. The highest BCUT2D eigenvalue weighted by Gasteiger charge is 2.44. The molecule has 3 heterocycles. The quantitative estimate of drug-likeness (QED) is 0.230. The number of thiophene rings is 1. The van der Waals surface area contributed by atoms with Crippen LogP contribution in [0.1, 0.15) is 72.2 Å². The number of hydrogen-bond acceptors (Lipinski definition) is 6. The second-order valence-corrected chi connectivity index (χ2v) is 14.9. The molecule has 3 aliphatic rings. The number of ether oxygens (including phenoxy) is 1. The van der Waals surface area contributed by atoms with Crippen LogP contribution in [0.25, 0.3) is 10.1 Å². The van der Waals surface area contributed by atoms with Crippen molar-refractivity contribution in [3.05, 3.63) is 70.6 Å². The van der Waals surface area contributed by atoms with Crippen LogP contribution in [-0.4, -0.2) is 73.6 Å². The first kappa shape index (κ1) is 35.3. The van der Waals surface area contributed by atoms with E-state index in [1.165, 1.54) is 12.1 Å². The first-order valence-electron chi connectivity index (χ1n) is 17.4. The number of benzene rings is 2. The average molecular weight is 699 g/mol. The number of carbonyl (C=O) groups excluding carboxylic acids is 3. The summed E-state index contributed by atoms with van der Waals surface area (Å²) in [5, 5.41) is 9.29. The zero-order valence-corrected chi connectivity index (χ0v) is 28.5. The van der Waals surface area contributed by atoms with E-state index >= 15 is 0 Å². The number of fused-ring (bicyclic) bond motifs is 1. The van der Waals surface area contributed by atoms with Gasteiger partial charge in [-0.05, 0) is 86.5 Å². The van der Waals surface area contributed by atoms with E-state index in [1.807, 2.05) is 30.3 Å². The number of amides is 3. The Labute approximate surface area is 289 Å². The van der Waals surface area contributed by atoms with Crippen molar-refractivity contribution >= 4 is 39.1 Å². The number of nitrogens with one attached hydrogen (secondary N) is 3. The second kappa shape index (κ2) is 15.6. The van der Waals surface area contributed by atoms with Crippen molar-refractivity contribution in [1.82, 2.24) is 20.9 Å². The summed E-state index contributed by atoms with van der Waals surface area (Å²) in [5.41, 5.74) is -1.18. The molecule has 2 saturated heterocycles. The standard InChI is InChI=1S/C37H45F3N4O4S/c38-37(39,40)29-10-6-9-28-22-31(49-32(28)29)34(46)43-36(15-4-5-16-36)35(47)42-30(21-25-7-2-1-3-8-25)33(45)41-23-26-11-17-44(18-12-26)24-27-13-19-48-20-14-27/h1-3,6-10,22,26-27,30H,4-5,11-21,23-24H2,(H,41,45)(H,42,47)(H,43,46)/t30-/m1/s1. The highest BCUT2D eigenvalue weighted by Crippen LogP contribution is 2.39. The summed E-state index contributed by atoms with van der Waals surface area (Å²) in [4.78, 5) is 43.9. The number of halogens is 3. The lowest BCUT2D eigenvalue weighted by Crippen LogP contribution is -2.61. The molecule has 1 aromatic heterocycles. The number of carbonyl (C=O) groups is 3. The van der Waals surface area contributed by atoms with Gasteiger partial charge < -0.3 is 25.6 Å². The molecule has 264 valence electrons. The molecule has 49 heavy (non-hydrogen) atoms. The summed E-state index contributed by atoms with van der Waals surface area (Å²) in [6.07, 6.45) is 2.08. The lowest BCUT2D eigenvalue weighted by atomic mass is 9.93. The maximum Gasteiger partial charge on any atom is 0.417 e. The lowest BCUT2D eigenvalue weighted by Gasteiger charge is -2.35. The zero-order chi connectivity index (χ0) is 34.4. The minimum absolute atomic E-state index is 0.0188. The summed E-state index contributed by atoms with van der Waals surface area (Å²) < 4.78 is 46.4. The number of nitrogens with zero attached hydrogens (tertiary/aromatic N) is 1. The minimum atomic E-state index is -4.55. The largest absolute Gasteiger partial charge is 0.417 e. The number of rotatable bonds is 11. The fraction of sp³-hybridized carbons (Fsp3) is 0.541.